The molecule has 1 spiro atoms. The van der Waals surface area contributed by atoms with Crippen LogP contribution in [0.25, 0.3) is 5.78 Å². The molecular weight excluding hydrogens is 438 g/mol. The van der Waals surface area contributed by atoms with Gasteiger partial charge in [0, 0.05) is 42.3 Å². The molecule has 2 aromatic rings. The first kappa shape index (κ1) is 20.9. The molecule has 1 fully saturated rings. The number of hydrogen-bond acceptors (Lipinski definition) is 10. The smallest absolute Gasteiger partial charge is 0.352 e. The number of aromatic nitrogens is 4. The minimum atomic E-state index is -1.12. The predicted molar refractivity (Wildman–Crippen MR) is 111 cm³/mol. The molecule has 168 valence electrons. The molecule has 2 N–H and O–H groups in total. The van der Waals surface area contributed by atoms with Gasteiger partial charge in [0.1, 0.15) is 5.70 Å². The van der Waals surface area contributed by atoms with Crippen LogP contribution in [0.15, 0.2) is 29.1 Å². The summed E-state index contributed by atoms with van der Waals surface area (Å²) in [7, 11) is 1.28. The quantitative estimate of drug-likeness (QED) is 0.621. The van der Waals surface area contributed by atoms with Crippen LogP contribution in [0.5, 0.6) is 0 Å². The number of ether oxygens (including phenoxy) is 3. The van der Waals surface area contributed by atoms with E-state index in [2.05, 4.69) is 20.4 Å². The minimum absolute atomic E-state index is 0.0251. The van der Waals surface area contributed by atoms with Crippen LogP contribution in [0, 0.1) is 0 Å². The standard InChI is InChI=1S/C20H21N5O6S/c1-29-18(28)12-9-21-13(17(26)27)10-32-15(12)6-16-23-19-22-8-11-7-20(30-4-5-31-20)3-2-14(11)25(19)24-16/h8-10,15,21H,2-7H2,1H3,(H,26,27). The third kappa shape index (κ3) is 3.74. The number of methoxy groups -OCH3 is 1. The first-order chi connectivity index (χ1) is 15.5. The summed E-state index contributed by atoms with van der Waals surface area (Å²) in [5.41, 5.74) is 2.31. The van der Waals surface area contributed by atoms with Gasteiger partial charge in [0.25, 0.3) is 5.78 Å². The number of aryl methyl sites for hydroxylation is 1. The molecule has 1 saturated heterocycles. The van der Waals surface area contributed by atoms with Gasteiger partial charge >= 0.3 is 11.9 Å². The topological polar surface area (TPSA) is 137 Å². The van der Waals surface area contributed by atoms with E-state index >= 15 is 0 Å². The van der Waals surface area contributed by atoms with Gasteiger partial charge in [0.05, 0.1) is 31.6 Å². The van der Waals surface area contributed by atoms with Crippen LogP contribution < -0.4 is 5.32 Å². The Kier molecular flexibility index (Phi) is 5.35. The Hall–Kier alpha value is -2.96. The number of esters is 1. The Morgan fingerprint density at radius 1 is 1.41 bits per heavy atom. The van der Waals surface area contributed by atoms with Crippen LogP contribution in [0.3, 0.4) is 0 Å². The Morgan fingerprint density at radius 3 is 2.97 bits per heavy atom. The summed E-state index contributed by atoms with van der Waals surface area (Å²) < 4.78 is 18.3. The predicted octanol–water partition coefficient (Wildman–Crippen LogP) is 0.586. The van der Waals surface area contributed by atoms with Crippen molar-refractivity contribution >= 4 is 29.5 Å². The molecule has 0 radical (unpaired) electrons. The van der Waals surface area contributed by atoms with Crippen molar-refractivity contribution in [1.29, 1.82) is 0 Å². The van der Waals surface area contributed by atoms with Gasteiger partial charge in [0.2, 0.25) is 0 Å². The summed E-state index contributed by atoms with van der Waals surface area (Å²) in [4.78, 5) is 32.6. The van der Waals surface area contributed by atoms with Crippen LogP contribution in [0.4, 0.5) is 0 Å². The lowest BCUT2D eigenvalue weighted by Gasteiger charge is -2.32. The molecule has 2 aliphatic heterocycles. The fraction of sp³-hybridized carbons (Fsp3) is 0.450. The van der Waals surface area contributed by atoms with E-state index in [-0.39, 0.29) is 5.70 Å². The lowest BCUT2D eigenvalue weighted by molar-refractivity contribution is -0.164. The summed E-state index contributed by atoms with van der Waals surface area (Å²) in [5.74, 6) is -1.25. The number of nitrogens with zero attached hydrogens (tertiary/aromatic N) is 4. The Balaban J connectivity index is 1.43. The number of rotatable bonds is 4. The highest BCUT2D eigenvalue weighted by Crippen LogP contribution is 2.35. The zero-order valence-corrected chi connectivity index (χ0v) is 18.1. The maximum atomic E-state index is 12.3. The minimum Gasteiger partial charge on any atom is -0.477 e. The van der Waals surface area contributed by atoms with E-state index in [0.29, 0.717) is 43.2 Å². The first-order valence-electron chi connectivity index (χ1n) is 10.1. The number of carboxylic acids is 1. The van der Waals surface area contributed by atoms with Crippen molar-refractivity contribution in [2.45, 2.75) is 36.7 Å². The fourth-order valence-electron chi connectivity index (χ4n) is 4.14. The summed E-state index contributed by atoms with van der Waals surface area (Å²) in [5, 5.41) is 17.6. The molecule has 3 aliphatic rings. The van der Waals surface area contributed by atoms with Gasteiger partial charge in [-0.05, 0) is 12.0 Å². The maximum absolute atomic E-state index is 12.3. The molecule has 1 atom stereocenters. The summed E-state index contributed by atoms with van der Waals surface area (Å²) in [6.45, 7) is 1.20. The molecule has 5 rings (SSSR count). The van der Waals surface area contributed by atoms with Crippen molar-refractivity contribution in [2.24, 2.45) is 0 Å². The number of carboxylic acid groups (broad SMARTS) is 1. The average Bonchev–Trinajstić information content (AvgIpc) is 3.35. The molecular formula is C20H21N5O6S. The van der Waals surface area contributed by atoms with Gasteiger partial charge < -0.3 is 24.6 Å². The third-order valence-electron chi connectivity index (χ3n) is 5.71. The van der Waals surface area contributed by atoms with E-state index in [9.17, 15) is 14.7 Å². The van der Waals surface area contributed by atoms with Gasteiger partial charge in [-0.3, -0.25) is 0 Å². The highest BCUT2D eigenvalue weighted by atomic mass is 32.2. The van der Waals surface area contributed by atoms with Crippen LogP contribution >= 0.6 is 11.8 Å². The van der Waals surface area contributed by atoms with Crippen LogP contribution in [0.2, 0.25) is 0 Å². The maximum Gasteiger partial charge on any atom is 0.352 e. The third-order valence-corrected chi connectivity index (χ3v) is 6.83. The van der Waals surface area contributed by atoms with Crippen LogP contribution in [-0.4, -0.2) is 68.0 Å². The number of aliphatic carboxylic acids is 1. The monoisotopic (exact) mass is 459 g/mol. The van der Waals surface area contributed by atoms with Crippen molar-refractivity contribution in [3.05, 3.63) is 46.2 Å². The second kappa shape index (κ2) is 8.19. The molecule has 0 saturated carbocycles. The van der Waals surface area contributed by atoms with E-state index < -0.39 is 23.0 Å². The van der Waals surface area contributed by atoms with E-state index in [1.807, 2.05) is 0 Å². The molecule has 2 aromatic heterocycles. The van der Waals surface area contributed by atoms with Gasteiger partial charge in [0.15, 0.2) is 11.6 Å². The van der Waals surface area contributed by atoms with E-state index in [4.69, 9.17) is 14.2 Å². The molecule has 12 heteroatoms. The van der Waals surface area contributed by atoms with Crippen molar-refractivity contribution in [3.8, 4) is 0 Å². The molecule has 4 heterocycles. The number of fused-ring (bicyclic) bond motifs is 3. The molecule has 0 aromatic carbocycles. The first-order valence-corrected chi connectivity index (χ1v) is 11.1. The normalized spacial score (nSPS) is 22.0. The van der Waals surface area contributed by atoms with Crippen LogP contribution in [0.1, 0.15) is 23.5 Å². The van der Waals surface area contributed by atoms with Gasteiger partial charge in [-0.2, -0.15) is 4.98 Å². The Bertz CT molecular complexity index is 1150. The van der Waals surface area contributed by atoms with Gasteiger partial charge in [-0.15, -0.1) is 16.9 Å². The lowest BCUT2D eigenvalue weighted by atomic mass is 9.91. The second-order valence-electron chi connectivity index (χ2n) is 7.66. The lowest BCUT2D eigenvalue weighted by Crippen LogP contribution is -2.37. The summed E-state index contributed by atoms with van der Waals surface area (Å²) in [6, 6.07) is 0. The SMILES string of the molecule is COC(=O)C1=CNC(C(=O)O)=CSC1Cc1nc2ncc3c(n2n1)CCC1(C3)OCCO1. The summed E-state index contributed by atoms with van der Waals surface area (Å²) in [6.07, 6.45) is 5.52. The zero-order chi connectivity index (χ0) is 22.3. The highest BCUT2D eigenvalue weighted by molar-refractivity contribution is 8.03. The van der Waals surface area contributed by atoms with Crippen molar-refractivity contribution in [3.63, 3.8) is 0 Å². The number of carbonyl (C=O) groups is 2. The molecule has 1 unspecified atom stereocenters. The molecule has 1 aliphatic carbocycles. The molecule has 0 bridgehead atoms. The van der Waals surface area contributed by atoms with Crippen LogP contribution in [-0.2, 0) is 43.1 Å². The van der Waals surface area contributed by atoms with E-state index in [1.165, 1.54) is 30.5 Å². The number of thioether (sulfide) groups is 1. The van der Waals surface area contributed by atoms with Crippen molar-refractivity contribution < 1.29 is 28.9 Å². The average molecular weight is 459 g/mol. The van der Waals surface area contributed by atoms with E-state index in [0.717, 1.165) is 24.1 Å². The molecule has 32 heavy (non-hydrogen) atoms. The summed E-state index contributed by atoms with van der Waals surface area (Å²) >= 11 is 1.20. The molecule has 11 nitrogen and oxygen atoms in total. The Labute approximate surface area is 186 Å². The second-order valence-corrected chi connectivity index (χ2v) is 8.73. The largest absolute Gasteiger partial charge is 0.477 e. The van der Waals surface area contributed by atoms with Crippen molar-refractivity contribution in [2.75, 3.05) is 20.3 Å². The van der Waals surface area contributed by atoms with Gasteiger partial charge in [-0.1, -0.05) is 0 Å². The van der Waals surface area contributed by atoms with Crippen molar-refractivity contribution in [1.82, 2.24) is 24.9 Å². The zero-order valence-electron chi connectivity index (χ0n) is 17.2. The highest BCUT2D eigenvalue weighted by Gasteiger charge is 2.41. The Morgan fingerprint density at radius 2 is 2.22 bits per heavy atom. The number of hydrogen-bond donors (Lipinski definition) is 2. The van der Waals surface area contributed by atoms with Gasteiger partial charge in [-0.25, -0.2) is 19.1 Å². The van der Waals surface area contributed by atoms with E-state index in [1.54, 1.807) is 10.7 Å². The number of carbonyl (C=O) groups excluding carboxylic acids is 1. The fourth-order valence-corrected chi connectivity index (χ4v) is 5.16. The molecule has 0 amide bonds. The number of nitrogens with one attached hydrogen (secondary N) is 1.